The second-order valence-corrected chi connectivity index (χ2v) is 7.02. The zero-order valence-corrected chi connectivity index (χ0v) is 9.57. The predicted molar refractivity (Wildman–Crippen MR) is 55.5 cm³/mol. The second-order valence-electron chi connectivity index (χ2n) is 3.88. The first-order chi connectivity index (χ1) is 4.95. The first-order valence-corrected chi connectivity index (χ1v) is 5.97. The summed E-state index contributed by atoms with van der Waals surface area (Å²) in [6.45, 7) is 13.7. The van der Waals surface area contributed by atoms with Gasteiger partial charge in [0.25, 0.3) is 0 Å². The SMILES string of the molecule is CC(C)NP(C(C)C)C(C)C. The summed E-state index contributed by atoms with van der Waals surface area (Å²) in [5.41, 5.74) is 1.60. The minimum atomic E-state index is 0.0319. The highest BCUT2D eigenvalue weighted by Gasteiger charge is 2.16. The summed E-state index contributed by atoms with van der Waals surface area (Å²) in [6.07, 6.45) is 0. The smallest absolute Gasteiger partial charge is 0.00468 e. The lowest BCUT2D eigenvalue weighted by Gasteiger charge is -2.28. The Hall–Kier alpha value is 0.390. The molecule has 0 aromatic rings. The van der Waals surface area contributed by atoms with Crippen LogP contribution in [0.5, 0.6) is 0 Å². The van der Waals surface area contributed by atoms with Crippen molar-refractivity contribution in [1.82, 2.24) is 5.09 Å². The van der Waals surface area contributed by atoms with Crippen LogP contribution in [0.25, 0.3) is 0 Å². The van der Waals surface area contributed by atoms with Gasteiger partial charge in [-0.3, -0.25) is 5.09 Å². The van der Waals surface area contributed by atoms with Gasteiger partial charge in [-0.15, -0.1) is 0 Å². The van der Waals surface area contributed by atoms with Crippen molar-refractivity contribution >= 4 is 8.07 Å². The molecule has 0 radical (unpaired) electrons. The molecule has 0 aromatic carbocycles. The highest BCUT2D eigenvalue weighted by atomic mass is 31.1. The first-order valence-electron chi connectivity index (χ1n) is 4.49. The van der Waals surface area contributed by atoms with Crippen LogP contribution in [0, 0.1) is 0 Å². The van der Waals surface area contributed by atoms with Gasteiger partial charge in [0.1, 0.15) is 0 Å². The lowest BCUT2D eigenvalue weighted by molar-refractivity contribution is 0.743. The van der Waals surface area contributed by atoms with Crippen molar-refractivity contribution in [2.45, 2.75) is 58.9 Å². The van der Waals surface area contributed by atoms with Gasteiger partial charge in [0.05, 0.1) is 0 Å². The van der Waals surface area contributed by atoms with Gasteiger partial charge in [0, 0.05) is 6.04 Å². The molecule has 0 heterocycles. The van der Waals surface area contributed by atoms with E-state index in [1.807, 2.05) is 0 Å². The molecule has 0 fully saturated rings. The number of nitrogens with one attached hydrogen (secondary N) is 1. The standard InChI is InChI=1S/C9H22NP/c1-7(2)10-11(8(3)4)9(5)6/h7-10H,1-6H3. The van der Waals surface area contributed by atoms with Gasteiger partial charge < -0.3 is 0 Å². The summed E-state index contributed by atoms with van der Waals surface area (Å²) in [4.78, 5) is 0. The number of hydrogen-bond donors (Lipinski definition) is 1. The van der Waals surface area contributed by atoms with Crippen LogP contribution in [-0.2, 0) is 0 Å². The van der Waals surface area contributed by atoms with Crippen LogP contribution in [0.2, 0.25) is 0 Å². The summed E-state index contributed by atoms with van der Waals surface area (Å²) in [7, 11) is 0.0319. The van der Waals surface area contributed by atoms with Crippen molar-refractivity contribution in [2.75, 3.05) is 0 Å². The molecule has 1 nitrogen and oxygen atoms in total. The fourth-order valence-electron chi connectivity index (χ4n) is 1.19. The van der Waals surface area contributed by atoms with E-state index in [1.165, 1.54) is 0 Å². The topological polar surface area (TPSA) is 12.0 Å². The molecule has 0 aliphatic rings. The highest BCUT2D eigenvalue weighted by molar-refractivity contribution is 7.57. The fourth-order valence-corrected chi connectivity index (χ4v) is 3.58. The normalized spacial score (nSPS) is 12.5. The zero-order chi connectivity index (χ0) is 9.02. The molecule has 0 amide bonds. The zero-order valence-electron chi connectivity index (χ0n) is 8.68. The van der Waals surface area contributed by atoms with E-state index in [4.69, 9.17) is 0 Å². The van der Waals surface area contributed by atoms with Crippen LogP contribution in [0.1, 0.15) is 41.5 Å². The fraction of sp³-hybridized carbons (Fsp3) is 1.00. The highest BCUT2D eigenvalue weighted by Crippen LogP contribution is 2.41. The van der Waals surface area contributed by atoms with E-state index >= 15 is 0 Å². The minimum Gasteiger partial charge on any atom is -0.293 e. The van der Waals surface area contributed by atoms with Gasteiger partial charge in [0.2, 0.25) is 0 Å². The molecule has 1 N–H and O–H groups in total. The third-order valence-electron chi connectivity index (χ3n) is 1.52. The van der Waals surface area contributed by atoms with Crippen molar-refractivity contribution in [2.24, 2.45) is 0 Å². The van der Waals surface area contributed by atoms with Crippen LogP contribution >= 0.6 is 8.07 Å². The third kappa shape index (κ3) is 4.76. The van der Waals surface area contributed by atoms with Crippen LogP contribution in [0.15, 0.2) is 0 Å². The maximum absolute atomic E-state index is 3.64. The van der Waals surface area contributed by atoms with Gasteiger partial charge >= 0.3 is 0 Å². The Bertz CT molecular complexity index is 91.7. The summed E-state index contributed by atoms with van der Waals surface area (Å²) in [6, 6.07) is 0.630. The molecule has 0 saturated carbocycles. The van der Waals surface area contributed by atoms with Crippen molar-refractivity contribution in [3.8, 4) is 0 Å². The van der Waals surface area contributed by atoms with Crippen LogP contribution in [0.3, 0.4) is 0 Å². The Labute approximate surface area is 72.8 Å². The van der Waals surface area contributed by atoms with Crippen molar-refractivity contribution in [3.05, 3.63) is 0 Å². The van der Waals surface area contributed by atoms with Crippen LogP contribution < -0.4 is 5.09 Å². The lowest BCUT2D eigenvalue weighted by Crippen LogP contribution is -2.24. The molecule has 11 heavy (non-hydrogen) atoms. The molecule has 0 bridgehead atoms. The summed E-state index contributed by atoms with van der Waals surface area (Å²) < 4.78 is 0. The van der Waals surface area contributed by atoms with E-state index in [-0.39, 0.29) is 8.07 Å². The van der Waals surface area contributed by atoms with E-state index in [9.17, 15) is 0 Å². The molecular formula is C9H22NP. The van der Waals surface area contributed by atoms with Crippen molar-refractivity contribution in [1.29, 1.82) is 0 Å². The van der Waals surface area contributed by atoms with Gasteiger partial charge in [0.15, 0.2) is 0 Å². The van der Waals surface area contributed by atoms with Crippen molar-refractivity contribution < 1.29 is 0 Å². The van der Waals surface area contributed by atoms with Gasteiger partial charge in [-0.25, -0.2) is 0 Å². The number of hydrogen-bond acceptors (Lipinski definition) is 1. The Morgan fingerprint density at radius 1 is 0.818 bits per heavy atom. The molecule has 0 spiro atoms. The quantitative estimate of drug-likeness (QED) is 0.647. The molecule has 68 valence electrons. The number of rotatable bonds is 4. The Morgan fingerprint density at radius 3 is 1.27 bits per heavy atom. The molecule has 0 atom stereocenters. The maximum atomic E-state index is 3.64. The van der Waals surface area contributed by atoms with Crippen LogP contribution in [0.4, 0.5) is 0 Å². The van der Waals surface area contributed by atoms with E-state index in [0.717, 1.165) is 11.3 Å². The third-order valence-corrected chi connectivity index (χ3v) is 4.56. The Balaban J connectivity index is 3.90. The predicted octanol–water partition coefficient (Wildman–Crippen LogP) is 3.20. The van der Waals surface area contributed by atoms with Gasteiger partial charge in [-0.1, -0.05) is 27.7 Å². The summed E-state index contributed by atoms with van der Waals surface area (Å²) in [5.74, 6) is 0. The molecular weight excluding hydrogens is 153 g/mol. The molecule has 0 unspecified atom stereocenters. The molecule has 0 aromatic heterocycles. The molecule has 0 rings (SSSR count). The van der Waals surface area contributed by atoms with Crippen LogP contribution in [-0.4, -0.2) is 17.4 Å². The summed E-state index contributed by atoms with van der Waals surface area (Å²) in [5, 5.41) is 3.64. The molecule has 0 aliphatic carbocycles. The molecule has 2 heteroatoms. The van der Waals surface area contributed by atoms with E-state index in [1.54, 1.807) is 0 Å². The van der Waals surface area contributed by atoms with Gasteiger partial charge in [-0.2, -0.15) is 0 Å². The average Bonchev–Trinajstić information content (AvgIpc) is 1.81. The Morgan fingerprint density at radius 2 is 1.18 bits per heavy atom. The van der Waals surface area contributed by atoms with E-state index in [2.05, 4.69) is 46.6 Å². The van der Waals surface area contributed by atoms with E-state index in [0.29, 0.717) is 6.04 Å². The van der Waals surface area contributed by atoms with Gasteiger partial charge in [-0.05, 0) is 33.2 Å². The second kappa shape index (κ2) is 5.11. The largest absolute Gasteiger partial charge is 0.293 e. The maximum Gasteiger partial charge on any atom is 0.00468 e. The minimum absolute atomic E-state index is 0.0319. The van der Waals surface area contributed by atoms with Crippen molar-refractivity contribution in [3.63, 3.8) is 0 Å². The first kappa shape index (κ1) is 11.4. The summed E-state index contributed by atoms with van der Waals surface area (Å²) >= 11 is 0. The molecule has 0 aliphatic heterocycles. The molecule has 0 saturated heterocycles. The lowest BCUT2D eigenvalue weighted by atomic mass is 10.4. The van der Waals surface area contributed by atoms with E-state index < -0.39 is 0 Å². The monoisotopic (exact) mass is 175 g/mol. The average molecular weight is 175 g/mol. The Kier molecular flexibility index (Phi) is 5.29.